The van der Waals surface area contributed by atoms with E-state index in [1.807, 2.05) is 56.3 Å². The van der Waals surface area contributed by atoms with Crippen LogP contribution in [0.4, 0.5) is 0 Å². The van der Waals surface area contributed by atoms with Gasteiger partial charge in [-0.3, -0.25) is 14.4 Å². The van der Waals surface area contributed by atoms with Crippen LogP contribution in [0.15, 0.2) is 42.5 Å². The average Bonchev–Trinajstić information content (AvgIpc) is 2.58. The maximum absolute atomic E-state index is 12.4. The number of carboxylic acid groups (broad SMARTS) is 1. The molecular formula is C20H24N2O4. The van der Waals surface area contributed by atoms with E-state index in [1.54, 1.807) is 0 Å². The number of benzene rings is 2. The van der Waals surface area contributed by atoms with Crippen molar-refractivity contribution in [2.45, 2.75) is 32.7 Å². The lowest BCUT2D eigenvalue weighted by atomic mass is 10.0. The van der Waals surface area contributed by atoms with Crippen molar-refractivity contribution in [1.29, 1.82) is 0 Å². The molecule has 0 spiro atoms. The van der Waals surface area contributed by atoms with E-state index in [4.69, 9.17) is 5.11 Å². The minimum atomic E-state index is -0.980. The standard InChI is InChI=1S/C20H24N2O4/c1-13(2)19(20(26)21-10-9-18(24)25)22-17(23)12-14-7-8-15-5-3-4-6-16(15)11-14/h3-8,11,13,19H,9-10,12H2,1-2H3,(H,21,26)(H,22,23)(H,24,25). The van der Waals surface area contributed by atoms with Crippen molar-refractivity contribution in [3.8, 4) is 0 Å². The van der Waals surface area contributed by atoms with E-state index < -0.39 is 12.0 Å². The van der Waals surface area contributed by atoms with Gasteiger partial charge in [0.25, 0.3) is 0 Å². The molecule has 0 saturated carbocycles. The second-order valence-corrected chi connectivity index (χ2v) is 6.58. The lowest BCUT2D eigenvalue weighted by molar-refractivity contribution is -0.137. The number of nitrogens with one attached hydrogen (secondary N) is 2. The predicted molar refractivity (Wildman–Crippen MR) is 99.7 cm³/mol. The largest absolute Gasteiger partial charge is 0.481 e. The van der Waals surface area contributed by atoms with Crippen molar-refractivity contribution in [3.63, 3.8) is 0 Å². The van der Waals surface area contributed by atoms with Gasteiger partial charge < -0.3 is 15.7 Å². The molecule has 0 aromatic heterocycles. The van der Waals surface area contributed by atoms with Crippen LogP contribution in [-0.2, 0) is 20.8 Å². The van der Waals surface area contributed by atoms with Crippen LogP contribution in [0.3, 0.4) is 0 Å². The topological polar surface area (TPSA) is 95.5 Å². The summed E-state index contributed by atoms with van der Waals surface area (Å²) in [5.74, 6) is -1.70. The van der Waals surface area contributed by atoms with E-state index in [-0.39, 0.29) is 37.1 Å². The number of fused-ring (bicyclic) bond motifs is 1. The summed E-state index contributed by atoms with van der Waals surface area (Å²) in [6.07, 6.45) is 0.0258. The summed E-state index contributed by atoms with van der Waals surface area (Å²) in [6, 6.07) is 13.0. The monoisotopic (exact) mass is 356 g/mol. The Bertz CT molecular complexity index is 801. The first-order chi connectivity index (χ1) is 12.4. The molecule has 0 aliphatic carbocycles. The van der Waals surface area contributed by atoms with E-state index in [9.17, 15) is 14.4 Å². The van der Waals surface area contributed by atoms with Gasteiger partial charge in [0.05, 0.1) is 12.8 Å². The summed E-state index contributed by atoms with van der Waals surface area (Å²) in [4.78, 5) is 35.1. The summed E-state index contributed by atoms with van der Waals surface area (Å²) >= 11 is 0. The van der Waals surface area contributed by atoms with Crippen LogP contribution in [0.5, 0.6) is 0 Å². The smallest absolute Gasteiger partial charge is 0.305 e. The Morgan fingerprint density at radius 2 is 1.73 bits per heavy atom. The predicted octanol–water partition coefficient (Wildman–Crippen LogP) is 2.11. The molecule has 2 rings (SSSR count). The number of hydrogen-bond donors (Lipinski definition) is 3. The average molecular weight is 356 g/mol. The number of aliphatic carboxylic acids is 1. The highest BCUT2D eigenvalue weighted by molar-refractivity contribution is 5.89. The lowest BCUT2D eigenvalue weighted by Gasteiger charge is -2.21. The SMILES string of the molecule is CC(C)C(NC(=O)Cc1ccc2ccccc2c1)C(=O)NCCC(=O)O. The van der Waals surface area contributed by atoms with Gasteiger partial charge in [-0.05, 0) is 22.3 Å². The fourth-order valence-corrected chi connectivity index (χ4v) is 2.70. The van der Waals surface area contributed by atoms with Gasteiger partial charge in [-0.2, -0.15) is 0 Å². The zero-order valence-corrected chi connectivity index (χ0v) is 15.0. The maximum atomic E-state index is 12.4. The van der Waals surface area contributed by atoms with Crippen LogP contribution >= 0.6 is 0 Å². The molecule has 6 heteroatoms. The van der Waals surface area contributed by atoms with Crippen LogP contribution in [0.1, 0.15) is 25.8 Å². The van der Waals surface area contributed by atoms with Crippen LogP contribution in [0.2, 0.25) is 0 Å². The van der Waals surface area contributed by atoms with Crippen LogP contribution in [0, 0.1) is 5.92 Å². The van der Waals surface area contributed by atoms with E-state index in [2.05, 4.69) is 10.6 Å². The molecule has 26 heavy (non-hydrogen) atoms. The van der Waals surface area contributed by atoms with E-state index >= 15 is 0 Å². The number of carbonyl (C=O) groups is 3. The van der Waals surface area contributed by atoms with Crippen LogP contribution < -0.4 is 10.6 Å². The molecule has 0 aliphatic heterocycles. The Labute approximate surface area is 152 Å². The molecule has 2 amide bonds. The van der Waals surface area contributed by atoms with Gasteiger partial charge in [0.1, 0.15) is 6.04 Å². The Morgan fingerprint density at radius 1 is 1.04 bits per heavy atom. The van der Waals surface area contributed by atoms with Crippen molar-refractivity contribution in [2.24, 2.45) is 5.92 Å². The summed E-state index contributed by atoms with van der Waals surface area (Å²) < 4.78 is 0. The Kier molecular flexibility index (Phi) is 6.72. The molecule has 3 N–H and O–H groups in total. The molecule has 138 valence electrons. The normalized spacial score (nSPS) is 12.0. The highest BCUT2D eigenvalue weighted by Crippen LogP contribution is 2.16. The summed E-state index contributed by atoms with van der Waals surface area (Å²) in [6.45, 7) is 3.70. The third-order valence-corrected chi connectivity index (χ3v) is 4.08. The minimum absolute atomic E-state index is 0.0396. The molecule has 0 bridgehead atoms. The van der Waals surface area contributed by atoms with Gasteiger partial charge in [0, 0.05) is 6.54 Å². The Morgan fingerprint density at radius 3 is 2.38 bits per heavy atom. The van der Waals surface area contributed by atoms with Gasteiger partial charge in [-0.1, -0.05) is 56.3 Å². The van der Waals surface area contributed by atoms with Crippen molar-refractivity contribution >= 4 is 28.6 Å². The summed E-state index contributed by atoms with van der Waals surface area (Å²) in [5.41, 5.74) is 0.870. The molecule has 1 unspecified atom stereocenters. The quantitative estimate of drug-likeness (QED) is 0.675. The minimum Gasteiger partial charge on any atom is -0.481 e. The molecule has 2 aromatic carbocycles. The summed E-state index contributed by atoms with van der Waals surface area (Å²) in [7, 11) is 0. The third-order valence-electron chi connectivity index (χ3n) is 4.08. The van der Waals surface area contributed by atoms with Gasteiger partial charge in [0.2, 0.25) is 11.8 Å². The second-order valence-electron chi connectivity index (χ2n) is 6.58. The van der Waals surface area contributed by atoms with Crippen molar-refractivity contribution in [2.75, 3.05) is 6.54 Å². The lowest BCUT2D eigenvalue weighted by Crippen LogP contribution is -2.50. The fraction of sp³-hybridized carbons (Fsp3) is 0.350. The first-order valence-electron chi connectivity index (χ1n) is 8.63. The van der Waals surface area contributed by atoms with Crippen LogP contribution in [0.25, 0.3) is 10.8 Å². The number of hydrogen-bond acceptors (Lipinski definition) is 3. The summed E-state index contributed by atoms with van der Waals surface area (Å²) in [5, 5.41) is 16.1. The number of amides is 2. The van der Waals surface area contributed by atoms with Gasteiger partial charge in [-0.15, -0.1) is 0 Å². The zero-order valence-electron chi connectivity index (χ0n) is 15.0. The molecule has 0 heterocycles. The molecule has 0 aliphatic rings. The first-order valence-corrected chi connectivity index (χ1v) is 8.63. The van der Waals surface area contributed by atoms with E-state index in [0.717, 1.165) is 16.3 Å². The third kappa shape index (κ3) is 5.58. The highest BCUT2D eigenvalue weighted by Gasteiger charge is 2.24. The number of rotatable bonds is 8. The van der Waals surface area contributed by atoms with Gasteiger partial charge >= 0.3 is 5.97 Å². The number of carbonyl (C=O) groups excluding carboxylic acids is 2. The van der Waals surface area contributed by atoms with Crippen molar-refractivity contribution in [3.05, 3.63) is 48.0 Å². The Hall–Kier alpha value is -2.89. The van der Waals surface area contributed by atoms with E-state index in [0.29, 0.717) is 0 Å². The number of carboxylic acids is 1. The first kappa shape index (κ1) is 19.4. The van der Waals surface area contributed by atoms with Gasteiger partial charge in [0.15, 0.2) is 0 Å². The van der Waals surface area contributed by atoms with Crippen molar-refractivity contribution < 1.29 is 19.5 Å². The molecule has 0 saturated heterocycles. The Balaban J connectivity index is 1.97. The molecular weight excluding hydrogens is 332 g/mol. The zero-order chi connectivity index (χ0) is 19.1. The van der Waals surface area contributed by atoms with E-state index in [1.165, 1.54) is 0 Å². The maximum Gasteiger partial charge on any atom is 0.305 e. The molecule has 0 fully saturated rings. The highest BCUT2D eigenvalue weighted by atomic mass is 16.4. The van der Waals surface area contributed by atoms with Crippen LogP contribution in [-0.4, -0.2) is 35.5 Å². The van der Waals surface area contributed by atoms with Crippen molar-refractivity contribution in [1.82, 2.24) is 10.6 Å². The second kappa shape index (κ2) is 8.99. The molecule has 1 atom stereocenters. The molecule has 0 radical (unpaired) electrons. The molecule has 6 nitrogen and oxygen atoms in total. The molecule has 2 aromatic rings. The fourth-order valence-electron chi connectivity index (χ4n) is 2.70. The van der Waals surface area contributed by atoms with Gasteiger partial charge in [-0.25, -0.2) is 0 Å².